The molecule has 0 bridgehead atoms. The van der Waals surface area contributed by atoms with Gasteiger partial charge in [0.15, 0.2) is 5.82 Å². The molecular formula is C16H13N5O4. The van der Waals surface area contributed by atoms with E-state index in [4.69, 9.17) is 4.74 Å². The first-order valence-corrected chi connectivity index (χ1v) is 7.19. The number of anilines is 1. The normalized spacial score (nSPS) is 10.3. The predicted octanol–water partition coefficient (Wildman–Crippen LogP) is 2.64. The molecule has 126 valence electrons. The van der Waals surface area contributed by atoms with Gasteiger partial charge in [0.1, 0.15) is 5.75 Å². The van der Waals surface area contributed by atoms with Crippen LogP contribution < -0.4 is 10.1 Å². The van der Waals surface area contributed by atoms with Crippen molar-refractivity contribution in [2.75, 3.05) is 12.4 Å². The van der Waals surface area contributed by atoms with Crippen LogP contribution in [0.5, 0.6) is 5.75 Å². The SMILES string of the molecule is COc1ccc(-c2nc(NC(=O)c3ccc([N+](=O)[O-])cc3)n[nH]2)cc1. The van der Waals surface area contributed by atoms with Gasteiger partial charge in [0.2, 0.25) is 5.95 Å². The van der Waals surface area contributed by atoms with E-state index < -0.39 is 10.8 Å². The average Bonchev–Trinajstić information content (AvgIpc) is 3.10. The molecule has 2 aromatic carbocycles. The number of methoxy groups -OCH3 is 1. The Morgan fingerprint density at radius 3 is 2.44 bits per heavy atom. The van der Waals surface area contributed by atoms with Crippen LogP contribution in [0.25, 0.3) is 11.4 Å². The van der Waals surface area contributed by atoms with Crippen LogP contribution in [0.1, 0.15) is 10.4 Å². The van der Waals surface area contributed by atoms with Gasteiger partial charge in [-0.1, -0.05) is 0 Å². The lowest BCUT2D eigenvalue weighted by atomic mass is 10.2. The predicted molar refractivity (Wildman–Crippen MR) is 89.4 cm³/mol. The maximum Gasteiger partial charge on any atom is 0.269 e. The van der Waals surface area contributed by atoms with E-state index in [0.29, 0.717) is 5.82 Å². The Morgan fingerprint density at radius 2 is 1.84 bits per heavy atom. The Hall–Kier alpha value is -3.75. The third-order valence-electron chi connectivity index (χ3n) is 3.41. The fraction of sp³-hybridized carbons (Fsp3) is 0.0625. The highest BCUT2D eigenvalue weighted by Crippen LogP contribution is 2.20. The van der Waals surface area contributed by atoms with Crippen LogP contribution in [0.15, 0.2) is 48.5 Å². The molecule has 0 unspecified atom stereocenters. The van der Waals surface area contributed by atoms with Gasteiger partial charge in [-0.25, -0.2) is 0 Å². The van der Waals surface area contributed by atoms with Crippen molar-refractivity contribution in [1.82, 2.24) is 15.2 Å². The molecule has 0 fully saturated rings. The van der Waals surface area contributed by atoms with Crippen molar-refractivity contribution in [3.8, 4) is 17.1 Å². The molecule has 1 amide bonds. The number of nitrogens with zero attached hydrogens (tertiary/aromatic N) is 3. The molecule has 0 saturated carbocycles. The number of aromatic nitrogens is 3. The van der Waals surface area contributed by atoms with Crippen molar-refractivity contribution in [2.24, 2.45) is 0 Å². The number of benzene rings is 2. The first-order valence-electron chi connectivity index (χ1n) is 7.19. The molecule has 3 aromatic rings. The smallest absolute Gasteiger partial charge is 0.269 e. The first-order chi connectivity index (χ1) is 12.1. The third kappa shape index (κ3) is 3.61. The number of H-pyrrole nitrogens is 1. The quantitative estimate of drug-likeness (QED) is 0.544. The van der Waals surface area contributed by atoms with E-state index in [1.54, 1.807) is 31.4 Å². The molecule has 9 nitrogen and oxygen atoms in total. The largest absolute Gasteiger partial charge is 0.497 e. The summed E-state index contributed by atoms with van der Waals surface area (Å²) < 4.78 is 5.09. The summed E-state index contributed by atoms with van der Waals surface area (Å²) >= 11 is 0. The van der Waals surface area contributed by atoms with Crippen molar-refractivity contribution in [1.29, 1.82) is 0 Å². The fourth-order valence-electron chi connectivity index (χ4n) is 2.10. The number of nitro groups is 1. The summed E-state index contributed by atoms with van der Waals surface area (Å²) in [7, 11) is 1.58. The van der Waals surface area contributed by atoms with Gasteiger partial charge in [0.05, 0.1) is 12.0 Å². The van der Waals surface area contributed by atoms with Crippen LogP contribution in [0.3, 0.4) is 0 Å². The number of carbonyl (C=O) groups is 1. The molecule has 25 heavy (non-hydrogen) atoms. The number of hydrogen-bond donors (Lipinski definition) is 2. The van der Waals surface area contributed by atoms with Gasteiger partial charge in [0.25, 0.3) is 11.6 Å². The van der Waals surface area contributed by atoms with E-state index >= 15 is 0 Å². The van der Waals surface area contributed by atoms with Crippen molar-refractivity contribution in [2.45, 2.75) is 0 Å². The zero-order valence-electron chi connectivity index (χ0n) is 13.1. The van der Waals surface area contributed by atoms with Crippen molar-refractivity contribution in [3.05, 3.63) is 64.2 Å². The van der Waals surface area contributed by atoms with Crippen LogP contribution in [0.4, 0.5) is 11.6 Å². The molecule has 0 atom stereocenters. The molecule has 0 radical (unpaired) electrons. The van der Waals surface area contributed by atoms with Crippen LogP contribution in [0.2, 0.25) is 0 Å². The number of ether oxygens (including phenoxy) is 1. The summed E-state index contributed by atoms with van der Waals surface area (Å²) in [5.74, 6) is 0.848. The zero-order valence-corrected chi connectivity index (χ0v) is 13.1. The first kappa shape index (κ1) is 16.1. The lowest BCUT2D eigenvalue weighted by Gasteiger charge is -2.01. The maximum absolute atomic E-state index is 12.1. The van der Waals surface area contributed by atoms with Crippen molar-refractivity contribution < 1.29 is 14.5 Å². The summed E-state index contributed by atoms with van der Waals surface area (Å²) in [6, 6.07) is 12.4. The number of aromatic amines is 1. The number of nitro benzene ring substituents is 1. The lowest BCUT2D eigenvalue weighted by Crippen LogP contribution is -2.12. The van der Waals surface area contributed by atoms with Gasteiger partial charge < -0.3 is 4.74 Å². The van der Waals surface area contributed by atoms with E-state index in [1.165, 1.54) is 24.3 Å². The summed E-state index contributed by atoms with van der Waals surface area (Å²) in [6.45, 7) is 0. The van der Waals surface area contributed by atoms with Gasteiger partial charge in [0, 0.05) is 23.3 Å². The second-order valence-electron chi connectivity index (χ2n) is 4.99. The third-order valence-corrected chi connectivity index (χ3v) is 3.41. The summed E-state index contributed by atoms with van der Waals surface area (Å²) in [5.41, 5.74) is 0.960. The minimum Gasteiger partial charge on any atom is -0.497 e. The highest BCUT2D eigenvalue weighted by atomic mass is 16.6. The Balaban J connectivity index is 1.71. The van der Waals surface area contributed by atoms with Crippen molar-refractivity contribution >= 4 is 17.5 Å². The standard InChI is InChI=1S/C16H13N5O4/c1-25-13-8-4-10(5-9-13)14-17-16(20-19-14)18-15(22)11-2-6-12(7-3-11)21(23)24/h2-9H,1H3,(H2,17,18,19,20,22). The number of non-ortho nitro benzene ring substituents is 1. The van der Waals surface area contributed by atoms with Crippen LogP contribution in [0, 0.1) is 10.1 Å². The highest BCUT2D eigenvalue weighted by molar-refractivity contribution is 6.03. The Bertz CT molecular complexity index is 903. The van der Waals surface area contributed by atoms with E-state index in [9.17, 15) is 14.9 Å². The summed E-state index contributed by atoms with van der Waals surface area (Å²) in [4.78, 5) is 26.4. The Kier molecular flexibility index (Phi) is 4.38. The van der Waals surface area contributed by atoms with E-state index in [1.807, 2.05) is 0 Å². The number of hydrogen-bond acceptors (Lipinski definition) is 6. The van der Waals surface area contributed by atoms with E-state index in [2.05, 4.69) is 20.5 Å². The molecular weight excluding hydrogens is 326 g/mol. The zero-order chi connectivity index (χ0) is 17.8. The molecule has 9 heteroatoms. The maximum atomic E-state index is 12.1. The van der Waals surface area contributed by atoms with Gasteiger partial charge in [-0.2, -0.15) is 4.98 Å². The molecule has 0 aliphatic rings. The minimum atomic E-state index is -0.530. The number of carbonyl (C=O) groups excluding carboxylic acids is 1. The number of rotatable bonds is 5. The van der Waals surface area contributed by atoms with Gasteiger partial charge >= 0.3 is 0 Å². The van der Waals surface area contributed by atoms with Crippen LogP contribution >= 0.6 is 0 Å². The molecule has 0 aliphatic carbocycles. The van der Waals surface area contributed by atoms with Gasteiger partial charge in [-0.15, -0.1) is 5.10 Å². The molecule has 3 rings (SSSR count). The molecule has 0 aliphatic heterocycles. The summed E-state index contributed by atoms with van der Waals surface area (Å²) in [6.07, 6.45) is 0. The van der Waals surface area contributed by atoms with Gasteiger partial charge in [-0.3, -0.25) is 25.3 Å². The lowest BCUT2D eigenvalue weighted by molar-refractivity contribution is -0.384. The second-order valence-corrected chi connectivity index (χ2v) is 4.99. The van der Waals surface area contributed by atoms with E-state index in [-0.39, 0.29) is 17.2 Å². The molecule has 0 saturated heterocycles. The Labute approximate surface area is 141 Å². The monoisotopic (exact) mass is 339 g/mol. The number of nitrogens with one attached hydrogen (secondary N) is 2. The van der Waals surface area contributed by atoms with Crippen LogP contribution in [-0.4, -0.2) is 33.1 Å². The minimum absolute atomic E-state index is 0.0868. The molecule has 2 N–H and O–H groups in total. The second kappa shape index (κ2) is 6.79. The van der Waals surface area contributed by atoms with Gasteiger partial charge in [-0.05, 0) is 36.4 Å². The Morgan fingerprint density at radius 1 is 1.16 bits per heavy atom. The highest BCUT2D eigenvalue weighted by Gasteiger charge is 2.12. The molecule has 1 heterocycles. The van der Waals surface area contributed by atoms with E-state index in [0.717, 1.165) is 11.3 Å². The number of amides is 1. The van der Waals surface area contributed by atoms with Crippen molar-refractivity contribution in [3.63, 3.8) is 0 Å². The van der Waals surface area contributed by atoms with Crippen LogP contribution in [-0.2, 0) is 0 Å². The molecule has 1 aromatic heterocycles. The summed E-state index contributed by atoms with van der Waals surface area (Å²) in [5, 5.41) is 19.8. The topological polar surface area (TPSA) is 123 Å². The molecule has 0 spiro atoms. The average molecular weight is 339 g/mol. The fourth-order valence-corrected chi connectivity index (χ4v) is 2.10.